The van der Waals surface area contributed by atoms with E-state index in [4.69, 9.17) is 5.11 Å². The Morgan fingerprint density at radius 1 is 1.50 bits per heavy atom. The molecule has 1 aliphatic heterocycles. The Bertz CT molecular complexity index is 369. The Labute approximate surface area is 69.4 Å². The van der Waals surface area contributed by atoms with Crippen LogP contribution < -0.4 is 0 Å². The number of aromatic carboxylic acids is 1. The van der Waals surface area contributed by atoms with Crippen LogP contribution in [0.15, 0.2) is 23.2 Å². The molecule has 0 aliphatic carbocycles. The smallest absolute Gasteiger partial charge is 0.335 e. The SMILES string of the molecule is O=C(O)c1ccc2c(c1)CC=N2. The Hall–Kier alpha value is -1.64. The van der Waals surface area contributed by atoms with Gasteiger partial charge in [-0.25, -0.2) is 4.79 Å². The van der Waals surface area contributed by atoms with Crippen molar-refractivity contribution < 1.29 is 9.90 Å². The maximum absolute atomic E-state index is 10.6. The lowest BCUT2D eigenvalue weighted by Crippen LogP contribution is -1.96. The molecule has 3 heteroatoms. The Morgan fingerprint density at radius 2 is 2.33 bits per heavy atom. The molecule has 0 fully saturated rings. The van der Waals surface area contributed by atoms with E-state index in [1.54, 1.807) is 24.4 Å². The highest BCUT2D eigenvalue weighted by molar-refractivity contribution is 5.89. The van der Waals surface area contributed by atoms with Crippen LogP contribution in [0, 0.1) is 0 Å². The van der Waals surface area contributed by atoms with Crippen LogP contribution in [0.5, 0.6) is 0 Å². The van der Waals surface area contributed by atoms with E-state index >= 15 is 0 Å². The van der Waals surface area contributed by atoms with Gasteiger partial charge in [-0.15, -0.1) is 0 Å². The number of fused-ring (bicyclic) bond motifs is 1. The standard InChI is InChI=1S/C9H7NO2/c11-9(12)7-1-2-8-6(5-7)3-4-10-8/h1-2,4-5H,3H2,(H,11,12). The van der Waals surface area contributed by atoms with Gasteiger partial charge < -0.3 is 5.11 Å². The molecule has 0 unspecified atom stereocenters. The lowest BCUT2D eigenvalue weighted by molar-refractivity contribution is 0.0697. The highest BCUT2D eigenvalue weighted by Crippen LogP contribution is 2.24. The van der Waals surface area contributed by atoms with Gasteiger partial charge in [0.25, 0.3) is 0 Å². The average Bonchev–Trinajstić information content (AvgIpc) is 2.49. The third kappa shape index (κ3) is 0.993. The Morgan fingerprint density at radius 3 is 3.08 bits per heavy atom. The van der Waals surface area contributed by atoms with Gasteiger partial charge in [0.15, 0.2) is 0 Å². The van der Waals surface area contributed by atoms with Gasteiger partial charge in [-0.2, -0.15) is 0 Å². The molecular formula is C9H7NO2. The summed E-state index contributed by atoms with van der Waals surface area (Å²) >= 11 is 0. The average molecular weight is 161 g/mol. The van der Waals surface area contributed by atoms with E-state index < -0.39 is 5.97 Å². The third-order valence-electron chi connectivity index (χ3n) is 1.87. The van der Waals surface area contributed by atoms with Crippen LogP contribution in [0.3, 0.4) is 0 Å². The minimum atomic E-state index is -0.885. The number of rotatable bonds is 1. The first-order valence-electron chi connectivity index (χ1n) is 3.66. The van der Waals surface area contributed by atoms with Crippen molar-refractivity contribution >= 4 is 17.9 Å². The zero-order chi connectivity index (χ0) is 8.55. The fourth-order valence-electron chi connectivity index (χ4n) is 1.25. The first-order valence-corrected chi connectivity index (χ1v) is 3.66. The number of benzene rings is 1. The van der Waals surface area contributed by atoms with E-state index in [0.717, 1.165) is 17.7 Å². The first kappa shape index (κ1) is 7.03. The lowest BCUT2D eigenvalue weighted by atomic mass is 10.1. The predicted octanol–water partition coefficient (Wildman–Crippen LogP) is 1.64. The summed E-state index contributed by atoms with van der Waals surface area (Å²) < 4.78 is 0. The molecule has 1 aromatic rings. The fourth-order valence-corrected chi connectivity index (χ4v) is 1.25. The molecule has 0 saturated carbocycles. The van der Waals surface area contributed by atoms with Crippen molar-refractivity contribution in [3.05, 3.63) is 29.3 Å². The van der Waals surface area contributed by atoms with Crippen LogP contribution in [-0.2, 0) is 6.42 Å². The number of carbonyl (C=O) groups is 1. The minimum Gasteiger partial charge on any atom is -0.478 e. The van der Waals surface area contributed by atoms with Gasteiger partial charge in [0.05, 0.1) is 11.3 Å². The predicted molar refractivity (Wildman–Crippen MR) is 45.3 cm³/mol. The topological polar surface area (TPSA) is 49.7 Å². The van der Waals surface area contributed by atoms with Crippen LogP contribution in [0.1, 0.15) is 15.9 Å². The largest absolute Gasteiger partial charge is 0.478 e. The molecule has 0 radical (unpaired) electrons. The lowest BCUT2D eigenvalue weighted by Gasteiger charge is -1.98. The van der Waals surface area contributed by atoms with Gasteiger partial charge in [0, 0.05) is 12.6 Å². The minimum absolute atomic E-state index is 0.333. The van der Waals surface area contributed by atoms with Crippen LogP contribution in [0.4, 0.5) is 5.69 Å². The summed E-state index contributed by atoms with van der Waals surface area (Å²) in [6.45, 7) is 0. The van der Waals surface area contributed by atoms with E-state index in [1.165, 1.54) is 0 Å². The summed E-state index contributed by atoms with van der Waals surface area (Å²) in [6.07, 6.45) is 2.53. The molecule has 0 saturated heterocycles. The molecule has 1 heterocycles. The summed E-state index contributed by atoms with van der Waals surface area (Å²) in [4.78, 5) is 14.6. The van der Waals surface area contributed by atoms with Gasteiger partial charge >= 0.3 is 5.97 Å². The number of aliphatic imine (C=N–C) groups is 1. The second-order valence-electron chi connectivity index (χ2n) is 2.66. The van der Waals surface area contributed by atoms with Gasteiger partial charge in [-0.1, -0.05) is 0 Å². The van der Waals surface area contributed by atoms with Gasteiger partial charge in [0.2, 0.25) is 0 Å². The summed E-state index contributed by atoms with van der Waals surface area (Å²) in [7, 11) is 0. The van der Waals surface area contributed by atoms with Crippen molar-refractivity contribution in [3.8, 4) is 0 Å². The van der Waals surface area contributed by atoms with Crippen molar-refractivity contribution in [3.63, 3.8) is 0 Å². The van der Waals surface area contributed by atoms with Gasteiger partial charge in [0.1, 0.15) is 0 Å². The van der Waals surface area contributed by atoms with Crippen molar-refractivity contribution in [2.24, 2.45) is 4.99 Å². The number of carboxylic acids is 1. The molecule has 0 aromatic heterocycles. The summed E-state index contributed by atoms with van der Waals surface area (Å²) in [5.74, 6) is -0.885. The molecular weight excluding hydrogens is 154 g/mol. The van der Waals surface area contributed by atoms with E-state index in [0.29, 0.717) is 5.56 Å². The van der Waals surface area contributed by atoms with Crippen molar-refractivity contribution in [2.45, 2.75) is 6.42 Å². The number of nitrogens with zero attached hydrogens (tertiary/aromatic N) is 1. The van der Waals surface area contributed by atoms with Crippen LogP contribution in [0.2, 0.25) is 0 Å². The summed E-state index contributed by atoms with van der Waals surface area (Å²) in [6, 6.07) is 4.98. The fraction of sp³-hybridized carbons (Fsp3) is 0.111. The second kappa shape index (κ2) is 2.44. The Balaban J connectivity index is 2.49. The normalized spacial score (nSPS) is 13.0. The summed E-state index contributed by atoms with van der Waals surface area (Å²) in [5, 5.41) is 8.68. The van der Waals surface area contributed by atoms with Crippen molar-refractivity contribution in [2.75, 3.05) is 0 Å². The molecule has 1 aliphatic rings. The van der Waals surface area contributed by atoms with Crippen molar-refractivity contribution in [1.29, 1.82) is 0 Å². The highest BCUT2D eigenvalue weighted by atomic mass is 16.4. The molecule has 12 heavy (non-hydrogen) atoms. The maximum atomic E-state index is 10.6. The number of carboxylic acid groups (broad SMARTS) is 1. The third-order valence-corrected chi connectivity index (χ3v) is 1.87. The van der Waals surface area contributed by atoms with Crippen molar-refractivity contribution in [1.82, 2.24) is 0 Å². The molecule has 0 bridgehead atoms. The number of hydrogen-bond acceptors (Lipinski definition) is 2. The highest BCUT2D eigenvalue weighted by Gasteiger charge is 2.09. The second-order valence-corrected chi connectivity index (χ2v) is 2.66. The molecule has 2 rings (SSSR count). The van der Waals surface area contributed by atoms with E-state index in [-0.39, 0.29) is 0 Å². The molecule has 3 nitrogen and oxygen atoms in total. The van der Waals surface area contributed by atoms with E-state index in [1.807, 2.05) is 0 Å². The monoisotopic (exact) mass is 161 g/mol. The van der Waals surface area contributed by atoms with Gasteiger partial charge in [-0.05, 0) is 23.8 Å². The van der Waals surface area contributed by atoms with E-state index in [9.17, 15) is 4.79 Å². The molecule has 1 N–H and O–H groups in total. The molecule has 1 aromatic carbocycles. The summed E-state index contributed by atoms with van der Waals surface area (Å²) in [5.41, 5.74) is 2.22. The van der Waals surface area contributed by atoms with Crippen LogP contribution in [-0.4, -0.2) is 17.3 Å². The number of hydrogen-bond donors (Lipinski definition) is 1. The Kier molecular flexibility index (Phi) is 1.43. The molecule has 0 atom stereocenters. The molecule has 0 amide bonds. The van der Waals surface area contributed by atoms with Crippen LogP contribution >= 0.6 is 0 Å². The van der Waals surface area contributed by atoms with Crippen LogP contribution in [0.25, 0.3) is 0 Å². The zero-order valence-electron chi connectivity index (χ0n) is 6.32. The first-order chi connectivity index (χ1) is 5.77. The molecule has 0 spiro atoms. The zero-order valence-corrected chi connectivity index (χ0v) is 6.32. The molecule has 60 valence electrons. The van der Waals surface area contributed by atoms with E-state index in [2.05, 4.69) is 4.99 Å². The quantitative estimate of drug-likeness (QED) is 0.680. The maximum Gasteiger partial charge on any atom is 0.335 e. The van der Waals surface area contributed by atoms with Gasteiger partial charge in [-0.3, -0.25) is 4.99 Å².